The van der Waals surface area contributed by atoms with Crippen molar-refractivity contribution in [1.82, 2.24) is 0 Å². The Bertz CT molecular complexity index is 252. The summed E-state index contributed by atoms with van der Waals surface area (Å²) in [7, 11) is 1.30. The number of hydrogen-bond donors (Lipinski definition) is 1. The fraction of sp³-hybridized carbons (Fsp3) is 0.909. The average Bonchev–Trinajstić information content (AvgIpc) is 2.15. The molecule has 0 saturated carbocycles. The van der Waals surface area contributed by atoms with E-state index in [1.54, 1.807) is 0 Å². The monoisotopic (exact) mass is 242 g/mol. The van der Waals surface area contributed by atoms with E-state index in [9.17, 15) is 4.79 Å². The predicted molar refractivity (Wildman–Crippen MR) is 64.3 cm³/mol. The molecule has 1 rings (SSSR count). The van der Waals surface area contributed by atoms with Gasteiger partial charge in [0.2, 0.25) is 0 Å². The van der Waals surface area contributed by atoms with Crippen LogP contribution in [0.25, 0.3) is 0 Å². The summed E-state index contributed by atoms with van der Waals surface area (Å²) >= 11 is 0. The topological polar surface area (TPSA) is 70.8 Å². The van der Waals surface area contributed by atoms with Crippen LogP contribution in [0.5, 0.6) is 0 Å². The molecule has 0 aromatic rings. The van der Waals surface area contributed by atoms with E-state index in [4.69, 9.17) is 19.8 Å². The molecule has 1 radical (unpaired) electrons. The van der Waals surface area contributed by atoms with Crippen LogP contribution in [0.4, 0.5) is 0 Å². The molecule has 0 aromatic carbocycles. The lowest BCUT2D eigenvalue weighted by Crippen LogP contribution is -2.37. The average molecular weight is 242 g/mol. The summed E-state index contributed by atoms with van der Waals surface area (Å²) < 4.78 is 15.7. The highest BCUT2D eigenvalue weighted by Gasteiger charge is 2.27. The van der Waals surface area contributed by atoms with Crippen molar-refractivity contribution in [2.75, 3.05) is 6.54 Å². The molecule has 0 aliphatic carbocycles. The summed E-state index contributed by atoms with van der Waals surface area (Å²) in [5, 5.41) is 0. The van der Waals surface area contributed by atoms with E-state index in [1.807, 2.05) is 20.8 Å². The molecule has 6 heteroatoms. The van der Waals surface area contributed by atoms with Crippen LogP contribution >= 0.6 is 0 Å². The minimum atomic E-state index is -0.456. The minimum absolute atomic E-state index is 0.0428. The van der Waals surface area contributed by atoms with E-state index in [0.29, 0.717) is 13.0 Å². The van der Waals surface area contributed by atoms with Crippen molar-refractivity contribution in [3.05, 3.63) is 0 Å². The third-order valence-corrected chi connectivity index (χ3v) is 2.32. The summed E-state index contributed by atoms with van der Waals surface area (Å²) in [6, 6.07) is 0. The van der Waals surface area contributed by atoms with Crippen molar-refractivity contribution < 1.29 is 18.8 Å². The predicted octanol–water partition coefficient (Wildman–Crippen LogP) is 0.775. The van der Waals surface area contributed by atoms with Crippen molar-refractivity contribution in [1.29, 1.82) is 0 Å². The number of nitrogens with two attached hydrogens (primary N) is 1. The molecular weight excluding hydrogens is 221 g/mol. The first kappa shape index (κ1) is 14.5. The van der Waals surface area contributed by atoms with Gasteiger partial charge in [-0.05, 0) is 40.2 Å². The Labute approximate surface area is 103 Å². The minimum Gasteiger partial charge on any atom is -0.460 e. The molecule has 1 aliphatic rings. The van der Waals surface area contributed by atoms with E-state index in [1.165, 1.54) is 7.69 Å². The zero-order chi connectivity index (χ0) is 12.9. The van der Waals surface area contributed by atoms with Crippen molar-refractivity contribution in [3.63, 3.8) is 0 Å². The summed E-state index contributed by atoms with van der Waals surface area (Å²) in [6.45, 7) is 6.11. The molecule has 0 spiro atoms. The van der Waals surface area contributed by atoms with Gasteiger partial charge in [0.05, 0.1) is 12.5 Å². The van der Waals surface area contributed by atoms with Crippen LogP contribution in [0.2, 0.25) is 0 Å². The van der Waals surface area contributed by atoms with Gasteiger partial charge in [-0.1, -0.05) is 0 Å². The first-order chi connectivity index (χ1) is 7.90. The van der Waals surface area contributed by atoms with Crippen molar-refractivity contribution in [2.45, 2.75) is 57.8 Å². The molecule has 1 heterocycles. The number of rotatable bonds is 4. The highest BCUT2D eigenvalue weighted by molar-refractivity contribution is 6.18. The molecule has 1 aliphatic heterocycles. The van der Waals surface area contributed by atoms with Gasteiger partial charge >= 0.3 is 13.7 Å². The smallest absolute Gasteiger partial charge is 0.460 e. The van der Waals surface area contributed by atoms with Gasteiger partial charge in [0.25, 0.3) is 0 Å². The molecule has 0 bridgehead atoms. The number of esters is 1. The van der Waals surface area contributed by atoms with Gasteiger partial charge in [-0.2, -0.15) is 0 Å². The van der Waals surface area contributed by atoms with E-state index < -0.39 is 5.60 Å². The Morgan fingerprint density at radius 2 is 2.06 bits per heavy atom. The quantitative estimate of drug-likeness (QED) is 0.582. The molecular formula is C11H21BNO4. The largest absolute Gasteiger partial charge is 0.488 e. The SMILES string of the molecule is CC(C)(C)OC(=O)CC1CC(CCN)O[B]O1. The molecule has 2 unspecified atom stereocenters. The third-order valence-electron chi connectivity index (χ3n) is 2.32. The van der Waals surface area contributed by atoms with Gasteiger partial charge in [-0.25, -0.2) is 0 Å². The fourth-order valence-electron chi connectivity index (χ4n) is 1.67. The maximum absolute atomic E-state index is 11.6. The van der Waals surface area contributed by atoms with Gasteiger partial charge < -0.3 is 19.8 Å². The van der Waals surface area contributed by atoms with E-state index >= 15 is 0 Å². The Balaban J connectivity index is 2.33. The second-order valence-electron chi connectivity index (χ2n) is 5.22. The molecule has 0 amide bonds. The second-order valence-corrected chi connectivity index (χ2v) is 5.22. The van der Waals surface area contributed by atoms with Crippen LogP contribution in [0.15, 0.2) is 0 Å². The van der Waals surface area contributed by atoms with E-state index in [0.717, 1.165) is 6.42 Å². The zero-order valence-electron chi connectivity index (χ0n) is 10.8. The van der Waals surface area contributed by atoms with Crippen LogP contribution in [-0.2, 0) is 18.8 Å². The fourth-order valence-corrected chi connectivity index (χ4v) is 1.67. The van der Waals surface area contributed by atoms with Crippen LogP contribution in [0.1, 0.15) is 40.0 Å². The highest BCUT2D eigenvalue weighted by Crippen LogP contribution is 2.19. The summed E-state index contributed by atoms with van der Waals surface area (Å²) in [6.07, 6.45) is 1.56. The Morgan fingerprint density at radius 3 is 2.65 bits per heavy atom. The number of carbonyl (C=O) groups is 1. The maximum Gasteiger partial charge on any atom is 0.488 e. The lowest BCUT2D eigenvalue weighted by atomic mass is 10.0. The van der Waals surface area contributed by atoms with E-state index in [-0.39, 0.29) is 24.6 Å². The van der Waals surface area contributed by atoms with Crippen LogP contribution in [0.3, 0.4) is 0 Å². The normalized spacial score (nSPS) is 25.2. The Hall–Kier alpha value is -0.585. The van der Waals surface area contributed by atoms with Crippen LogP contribution in [0, 0.1) is 0 Å². The number of ether oxygens (including phenoxy) is 1. The lowest BCUT2D eigenvalue weighted by Gasteiger charge is -2.29. The molecule has 17 heavy (non-hydrogen) atoms. The summed E-state index contributed by atoms with van der Waals surface area (Å²) in [5.74, 6) is -0.246. The molecule has 2 atom stereocenters. The van der Waals surface area contributed by atoms with Gasteiger partial charge in [-0.15, -0.1) is 0 Å². The van der Waals surface area contributed by atoms with Gasteiger partial charge in [0.1, 0.15) is 5.60 Å². The van der Waals surface area contributed by atoms with Crippen molar-refractivity contribution in [2.24, 2.45) is 5.73 Å². The second kappa shape index (κ2) is 6.38. The first-order valence-corrected chi connectivity index (χ1v) is 5.95. The van der Waals surface area contributed by atoms with Crippen molar-refractivity contribution in [3.8, 4) is 0 Å². The van der Waals surface area contributed by atoms with Crippen molar-refractivity contribution >= 4 is 13.7 Å². The highest BCUT2D eigenvalue weighted by atomic mass is 16.6. The molecule has 97 valence electrons. The Kier molecular flexibility index (Phi) is 5.43. The first-order valence-electron chi connectivity index (χ1n) is 5.95. The Morgan fingerprint density at radius 1 is 1.41 bits per heavy atom. The standard InChI is InChI=1S/C11H21BNO4/c1-11(2,3)15-10(14)7-9-6-8(4-5-13)16-12-17-9/h8-9H,4-7,13H2,1-3H3. The molecule has 2 N–H and O–H groups in total. The molecule has 0 aromatic heterocycles. The lowest BCUT2D eigenvalue weighted by molar-refractivity contribution is -0.157. The molecule has 1 saturated heterocycles. The van der Waals surface area contributed by atoms with Crippen LogP contribution in [-0.4, -0.2) is 38.0 Å². The van der Waals surface area contributed by atoms with E-state index in [2.05, 4.69) is 0 Å². The van der Waals surface area contributed by atoms with Gasteiger partial charge in [0, 0.05) is 6.10 Å². The summed E-state index contributed by atoms with van der Waals surface area (Å²) in [5.41, 5.74) is 5.01. The van der Waals surface area contributed by atoms with Crippen LogP contribution < -0.4 is 5.73 Å². The van der Waals surface area contributed by atoms with Gasteiger partial charge in [-0.3, -0.25) is 4.79 Å². The number of carbonyl (C=O) groups excluding carboxylic acids is 1. The number of hydrogen-bond acceptors (Lipinski definition) is 5. The molecule has 5 nitrogen and oxygen atoms in total. The summed E-state index contributed by atoms with van der Waals surface area (Å²) in [4.78, 5) is 11.6. The third kappa shape index (κ3) is 6.05. The zero-order valence-corrected chi connectivity index (χ0v) is 10.8. The maximum atomic E-state index is 11.6. The van der Waals surface area contributed by atoms with Gasteiger partial charge in [0.15, 0.2) is 0 Å². The molecule has 1 fully saturated rings.